The van der Waals surface area contributed by atoms with Crippen LogP contribution in [-0.4, -0.2) is 30.0 Å². The molecule has 16 heavy (non-hydrogen) atoms. The van der Waals surface area contributed by atoms with Crippen molar-refractivity contribution in [2.24, 2.45) is 0 Å². The molecule has 0 saturated heterocycles. The number of carbonyl (C=O) groups excluding carboxylic acids is 2. The first-order valence-electron chi connectivity index (χ1n) is 4.54. The number of esters is 1. The first kappa shape index (κ1) is 12.1. The lowest BCUT2D eigenvalue weighted by atomic mass is 10.2. The quantitative estimate of drug-likeness (QED) is 0.762. The number of rotatable bonds is 3. The molecule has 0 aromatic carbocycles. The lowest BCUT2D eigenvalue weighted by molar-refractivity contribution is -0.142. The Balaban J connectivity index is 2.73. The maximum absolute atomic E-state index is 13.1. The van der Waals surface area contributed by atoms with Crippen LogP contribution in [-0.2, 0) is 9.53 Å². The van der Waals surface area contributed by atoms with Gasteiger partial charge in [0.2, 0.25) is 0 Å². The molecule has 0 fully saturated rings. The molecule has 1 unspecified atom stereocenters. The third-order valence-electron chi connectivity index (χ3n) is 1.92. The standard InChI is InChI=1S/C10H11FN2O3/c1-6(10(15)16-2)13-9(14)7-3-4-12-5-8(7)11/h3-6H,1-2H3,(H,13,14). The molecule has 86 valence electrons. The number of hydrogen-bond acceptors (Lipinski definition) is 4. The Labute approximate surface area is 91.6 Å². The van der Waals surface area contributed by atoms with E-state index in [-0.39, 0.29) is 5.56 Å². The summed E-state index contributed by atoms with van der Waals surface area (Å²) in [4.78, 5) is 26.0. The summed E-state index contributed by atoms with van der Waals surface area (Å²) in [6, 6.07) is 0.402. The normalized spacial score (nSPS) is 11.7. The van der Waals surface area contributed by atoms with Gasteiger partial charge in [-0.2, -0.15) is 0 Å². The number of methoxy groups -OCH3 is 1. The second-order valence-corrected chi connectivity index (χ2v) is 3.07. The first-order chi connectivity index (χ1) is 7.56. The molecule has 0 bridgehead atoms. The Morgan fingerprint density at radius 1 is 1.56 bits per heavy atom. The maximum Gasteiger partial charge on any atom is 0.328 e. The third-order valence-corrected chi connectivity index (χ3v) is 1.92. The number of aromatic nitrogens is 1. The molecule has 0 aliphatic carbocycles. The average Bonchev–Trinajstić information content (AvgIpc) is 2.28. The zero-order valence-electron chi connectivity index (χ0n) is 8.86. The van der Waals surface area contributed by atoms with Gasteiger partial charge in [0.05, 0.1) is 18.9 Å². The Bertz CT molecular complexity index is 409. The molecule has 0 aliphatic heterocycles. The lowest BCUT2D eigenvalue weighted by Crippen LogP contribution is -2.39. The van der Waals surface area contributed by atoms with Crippen molar-refractivity contribution in [2.75, 3.05) is 7.11 Å². The van der Waals surface area contributed by atoms with Crippen LogP contribution in [0.15, 0.2) is 18.5 Å². The number of nitrogens with one attached hydrogen (secondary N) is 1. The number of pyridine rings is 1. The molecule has 1 aromatic rings. The van der Waals surface area contributed by atoms with Gasteiger partial charge in [-0.3, -0.25) is 9.78 Å². The van der Waals surface area contributed by atoms with Crippen molar-refractivity contribution in [3.8, 4) is 0 Å². The van der Waals surface area contributed by atoms with E-state index >= 15 is 0 Å². The Morgan fingerprint density at radius 3 is 2.81 bits per heavy atom. The van der Waals surface area contributed by atoms with E-state index in [1.165, 1.54) is 26.3 Å². The van der Waals surface area contributed by atoms with Crippen molar-refractivity contribution in [3.63, 3.8) is 0 Å². The van der Waals surface area contributed by atoms with Crippen LogP contribution < -0.4 is 5.32 Å². The van der Waals surface area contributed by atoms with Gasteiger partial charge < -0.3 is 10.1 Å². The van der Waals surface area contributed by atoms with Crippen LogP contribution in [0.25, 0.3) is 0 Å². The second kappa shape index (κ2) is 5.20. The number of amides is 1. The molecular weight excluding hydrogens is 215 g/mol. The van der Waals surface area contributed by atoms with Crippen LogP contribution >= 0.6 is 0 Å². The molecule has 1 rings (SSSR count). The molecular formula is C10H11FN2O3. The fourth-order valence-corrected chi connectivity index (χ4v) is 1.07. The van der Waals surface area contributed by atoms with Crippen LogP contribution in [0, 0.1) is 5.82 Å². The van der Waals surface area contributed by atoms with Crippen molar-refractivity contribution in [2.45, 2.75) is 13.0 Å². The number of ether oxygens (including phenoxy) is 1. The predicted octanol–water partition coefficient (Wildman–Crippen LogP) is 0.512. The summed E-state index contributed by atoms with van der Waals surface area (Å²) in [5, 5.41) is 2.31. The van der Waals surface area contributed by atoms with Crippen molar-refractivity contribution >= 4 is 11.9 Å². The highest BCUT2D eigenvalue weighted by Gasteiger charge is 2.18. The minimum atomic E-state index is -0.829. The van der Waals surface area contributed by atoms with Crippen molar-refractivity contribution in [3.05, 3.63) is 29.8 Å². The predicted molar refractivity (Wildman–Crippen MR) is 53.1 cm³/mol. The zero-order chi connectivity index (χ0) is 12.1. The molecule has 0 spiro atoms. The highest BCUT2D eigenvalue weighted by atomic mass is 19.1. The molecule has 0 radical (unpaired) electrons. The topological polar surface area (TPSA) is 68.3 Å². The summed E-state index contributed by atoms with van der Waals surface area (Å²) in [6.45, 7) is 1.45. The van der Waals surface area contributed by atoms with Gasteiger partial charge in [-0.1, -0.05) is 0 Å². The molecule has 6 heteroatoms. The van der Waals surface area contributed by atoms with Crippen LogP contribution in [0.3, 0.4) is 0 Å². The summed E-state index contributed by atoms with van der Waals surface area (Å²) < 4.78 is 17.6. The minimum absolute atomic E-state index is 0.161. The molecule has 0 saturated carbocycles. The smallest absolute Gasteiger partial charge is 0.328 e. The van der Waals surface area contributed by atoms with E-state index in [9.17, 15) is 14.0 Å². The summed E-state index contributed by atoms with van der Waals surface area (Å²) in [6.07, 6.45) is 2.22. The van der Waals surface area contributed by atoms with Gasteiger partial charge in [-0.05, 0) is 13.0 Å². The highest BCUT2D eigenvalue weighted by molar-refractivity contribution is 5.96. The fourth-order valence-electron chi connectivity index (χ4n) is 1.07. The highest BCUT2D eigenvalue weighted by Crippen LogP contribution is 2.04. The Kier molecular flexibility index (Phi) is 3.93. The van der Waals surface area contributed by atoms with E-state index in [1.807, 2.05) is 0 Å². The fraction of sp³-hybridized carbons (Fsp3) is 0.300. The van der Waals surface area contributed by atoms with Gasteiger partial charge in [0, 0.05) is 6.20 Å². The van der Waals surface area contributed by atoms with E-state index < -0.39 is 23.7 Å². The summed E-state index contributed by atoms with van der Waals surface area (Å²) in [5.74, 6) is -2.02. The summed E-state index contributed by atoms with van der Waals surface area (Å²) in [7, 11) is 1.21. The van der Waals surface area contributed by atoms with E-state index in [0.717, 1.165) is 6.20 Å². The largest absolute Gasteiger partial charge is 0.467 e. The first-order valence-corrected chi connectivity index (χ1v) is 4.54. The van der Waals surface area contributed by atoms with Gasteiger partial charge in [0.25, 0.3) is 5.91 Å². The summed E-state index contributed by atoms with van der Waals surface area (Å²) >= 11 is 0. The monoisotopic (exact) mass is 226 g/mol. The Hall–Kier alpha value is -1.98. The zero-order valence-corrected chi connectivity index (χ0v) is 8.86. The molecule has 1 heterocycles. The van der Waals surface area contributed by atoms with Gasteiger partial charge in [-0.25, -0.2) is 9.18 Å². The number of nitrogens with zero attached hydrogens (tertiary/aromatic N) is 1. The van der Waals surface area contributed by atoms with Gasteiger partial charge in [0.1, 0.15) is 6.04 Å². The molecule has 1 atom stereocenters. The lowest BCUT2D eigenvalue weighted by Gasteiger charge is -2.11. The summed E-state index contributed by atoms with van der Waals surface area (Å²) in [5.41, 5.74) is -0.161. The van der Waals surface area contributed by atoms with Gasteiger partial charge >= 0.3 is 5.97 Å². The van der Waals surface area contributed by atoms with Crippen LogP contribution in [0.1, 0.15) is 17.3 Å². The van der Waals surface area contributed by atoms with E-state index in [0.29, 0.717) is 0 Å². The van der Waals surface area contributed by atoms with E-state index in [2.05, 4.69) is 15.0 Å². The molecule has 1 N–H and O–H groups in total. The maximum atomic E-state index is 13.1. The average molecular weight is 226 g/mol. The SMILES string of the molecule is COC(=O)C(C)NC(=O)c1ccncc1F. The van der Waals surface area contributed by atoms with E-state index in [1.54, 1.807) is 0 Å². The molecule has 0 aliphatic rings. The van der Waals surface area contributed by atoms with Gasteiger partial charge in [0.15, 0.2) is 5.82 Å². The van der Waals surface area contributed by atoms with Crippen LogP contribution in [0.5, 0.6) is 0 Å². The third kappa shape index (κ3) is 2.75. The van der Waals surface area contributed by atoms with Crippen molar-refractivity contribution in [1.82, 2.24) is 10.3 Å². The molecule has 1 amide bonds. The number of halogens is 1. The second-order valence-electron chi connectivity index (χ2n) is 3.07. The molecule has 1 aromatic heterocycles. The minimum Gasteiger partial charge on any atom is -0.467 e. The number of carbonyl (C=O) groups is 2. The van der Waals surface area contributed by atoms with Crippen LogP contribution in [0.4, 0.5) is 4.39 Å². The van der Waals surface area contributed by atoms with Gasteiger partial charge in [-0.15, -0.1) is 0 Å². The van der Waals surface area contributed by atoms with E-state index in [4.69, 9.17) is 0 Å². The van der Waals surface area contributed by atoms with Crippen molar-refractivity contribution < 1.29 is 18.7 Å². The molecule has 5 nitrogen and oxygen atoms in total. The van der Waals surface area contributed by atoms with Crippen LogP contribution in [0.2, 0.25) is 0 Å². The number of hydrogen-bond donors (Lipinski definition) is 1. The van der Waals surface area contributed by atoms with Crippen molar-refractivity contribution in [1.29, 1.82) is 0 Å². The Morgan fingerprint density at radius 2 is 2.25 bits per heavy atom.